The minimum Gasteiger partial charge on any atom is -0.396 e. The largest absolute Gasteiger partial charge is 0.396 e. The lowest BCUT2D eigenvalue weighted by Crippen LogP contribution is -2.44. The van der Waals surface area contributed by atoms with Crippen molar-refractivity contribution in [1.82, 2.24) is 0 Å². The lowest BCUT2D eigenvalue weighted by molar-refractivity contribution is 0.139. The van der Waals surface area contributed by atoms with Crippen molar-refractivity contribution in [3.8, 4) is 0 Å². The van der Waals surface area contributed by atoms with Crippen LogP contribution in [0.25, 0.3) is 0 Å². The molecular weight excluding hydrogens is 192 g/mol. The van der Waals surface area contributed by atoms with Crippen molar-refractivity contribution in [2.75, 3.05) is 13.2 Å². The van der Waals surface area contributed by atoms with Crippen LogP contribution < -0.4 is 0 Å². The Labute approximate surface area is 88.8 Å². The van der Waals surface area contributed by atoms with Gasteiger partial charge in [0.15, 0.2) is 0 Å². The Morgan fingerprint density at radius 1 is 1.14 bits per heavy atom. The Bertz CT molecular complexity index is 182. The molecule has 2 aliphatic rings. The number of rotatable bonds is 6. The molecule has 14 heavy (non-hydrogen) atoms. The third-order valence-corrected chi connectivity index (χ3v) is 7.04. The maximum absolute atomic E-state index is 5.91. The fourth-order valence-electron chi connectivity index (χ4n) is 2.76. The first-order valence-corrected chi connectivity index (χ1v) is 7.58. The fourth-order valence-corrected chi connectivity index (χ4v) is 5.73. The average molecular weight is 214 g/mol. The minimum absolute atomic E-state index is 0.548. The Morgan fingerprint density at radius 3 is 2.00 bits per heavy atom. The van der Waals surface area contributed by atoms with Crippen molar-refractivity contribution in [2.24, 2.45) is 5.92 Å². The summed E-state index contributed by atoms with van der Waals surface area (Å²) in [5, 5.41) is 0.548. The highest BCUT2D eigenvalue weighted by atomic mass is 28.3. The zero-order valence-electron chi connectivity index (χ0n) is 9.42. The summed E-state index contributed by atoms with van der Waals surface area (Å²) in [5.41, 5.74) is 0. The Kier molecular flexibility index (Phi) is 3.29. The first-order chi connectivity index (χ1) is 6.83. The monoisotopic (exact) mass is 214 g/mol. The van der Waals surface area contributed by atoms with E-state index in [1.807, 2.05) is 0 Å². The molecule has 0 saturated heterocycles. The highest BCUT2D eigenvalue weighted by Crippen LogP contribution is 2.64. The predicted octanol–water partition coefficient (Wildman–Crippen LogP) is 2.61. The van der Waals surface area contributed by atoms with Crippen molar-refractivity contribution >= 4 is 9.28 Å². The van der Waals surface area contributed by atoms with Crippen molar-refractivity contribution < 1.29 is 8.85 Å². The van der Waals surface area contributed by atoms with E-state index < -0.39 is 9.28 Å². The van der Waals surface area contributed by atoms with Gasteiger partial charge < -0.3 is 8.85 Å². The fraction of sp³-hybridized carbons (Fsp3) is 1.00. The smallest absolute Gasteiger partial charge is 0.328 e. The zero-order chi connectivity index (χ0) is 10.0. The van der Waals surface area contributed by atoms with E-state index in [0.29, 0.717) is 5.04 Å². The summed E-state index contributed by atoms with van der Waals surface area (Å²) in [6.07, 6.45) is 7.04. The molecule has 0 aliphatic heterocycles. The van der Waals surface area contributed by atoms with E-state index in [-0.39, 0.29) is 0 Å². The lowest BCUT2D eigenvalue weighted by Gasteiger charge is -2.46. The molecule has 0 N–H and O–H groups in total. The molecule has 0 aromatic carbocycles. The van der Waals surface area contributed by atoms with Gasteiger partial charge in [0.05, 0.1) is 0 Å². The second-order valence-corrected chi connectivity index (χ2v) is 7.08. The van der Waals surface area contributed by atoms with Crippen LogP contribution in [0, 0.1) is 5.92 Å². The van der Waals surface area contributed by atoms with Crippen LogP contribution in [0.1, 0.15) is 46.0 Å². The third-order valence-electron chi connectivity index (χ3n) is 3.78. The second kappa shape index (κ2) is 4.33. The van der Waals surface area contributed by atoms with E-state index in [0.717, 1.165) is 19.1 Å². The van der Waals surface area contributed by atoms with Gasteiger partial charge in [-0.3, -0.25) is 0 Å². The van der Waals surface area contributed by atoms with Gasteiger partial charge in [0, 0.05) is 18.3 Å². The van der Waals surface area contributed by atoms with Gasteiger partial charge >= 0.3 is 9.28 Å². The highest BCUT2D eigenvalue weighted by Gasteiger charge is 2.56. The van der Waals surface area contributed by atoms with Crippen LogP contribution >= 0.6 is 0 Å². The summed E-state index contributed by atoms with van der Waals surface area (Å²) in [7, 11) is -1.37. The van der Waals surface area contributed by atoms with Crippen LogP contribution in [0.15, 0.2) is 0 Å². The molecule has 2 saturated carbocycles. The van der Waals surface area contributed by atoms with Gasteiger partial charge in [-0.05, 0) is 45.4 Å². The molecule has 0 bridgehead atoms. The van der Waals surface area contributed by atoms with Crippen LogP contribution in [0.2, 0.25) is 5.04 Å². The maximum atomic E-state index is 5.91. The van der Waals surface area contributed by atoms with Gasteiger partial charge in [0.25, 0.3) is 0 Å². The maximum Gasteiger partial charge on any atom is 0.328 e. The van der Waals surface area contributed by atoms with Crippen LogP contribution in [-0.2, 0) is 8.85 Å². The first kappa shape index (κ1) is 10.6. The molecule has 82 valence electrons. The molecule has 2 rings (SSSR count). The van der Waals surface area contributed by atoms with E-state index in [2.05, 4.69) is 13.8 Å². The van der Waals surface area contributed by atoms with Gasteiger partial charge in [-0.25, -0.2) is 0 Å². The zero-order valence-corrected chi connectivity index (χ0v) is 10.6. The minimum atomic E-state index is -1.37. The van der Waals surface area contributed by atoms with E-state index >= 15 is 0 Å². The molecule has 0 aromatic rings. The van der Waals surface area contributed by atoms with E-state index in [4.69, 9.17) is 8.85 Å². The van der Waals surface area contributed by atoms with Gasteiger partial charge in [0.2, 0.25) is 0 Å². The molecule has 0 amide bonds. The van der Waals surface area contributed by atoms with E-state index in [9.17, 15) is 0 Å². The highest BCUT2D eigenvalue weighted by molar-refractivity contribution is 6.49. The molecule has 0 heterocycles. The summed E-state index contributed by atoms with van der Waals surface area (Å²) >= 11 is 0. The van der Waals surface area contributed by atoms with Crippen LogP contribution in [0.3, 0.4) is 0 Å². The summed E-state index contributed by atoms with van der Waals surface area (Å²) in [6.45, 7) is 5.87. The summed E-state index contributed by atoms with van der Waals surface area (Å²) in [6, 6.07) is 0. The van der Waals surface area contributed by atoms with Crippen molar-refractivity contribution in [3.63, 3.8) is 0 Å². The van der Waals surface area contributed by atoms with Gasteiger partial charge in [-0.1, -0.05) is 6.42 Å². The molecular formula is C11H22O2Si. The van der Waals surface area contributed by atoms with E-state index in [1.165, 1.54) is 32.1 Å². The van der Waals surface area contributed by atoms with Crippen molar-refractivity contribution in [1.29, 1.82) is 0 Å². The first-order valence-electron chi connectivity index (χ1n) is 6.06. The molecule has 0 radical (unpaired) electrons. The topological polar surface area (TPSA) is 18.5 Å². The SMILES string of the molecule is CCO[SiH](OCC)C1(C2CC2)CCC1. The molecule has 0 atom stereocenters. The molecule has 0 spiro atoms. The predicted molar refractivity (Wildman–Crippen MR) is 59.7 cm³/mol. The standard InChI is InChI=1S/C11H22O2Si/c1-3-12-14(13-4-2)11(8-5-9-11)10-6-7-10/h10,14H,3-9H2,1-2H3. The number of hydrogen-bond donors (Lipinski definition) is 0. The Balaban J connectivity index is 1.98. The quantitative estimate of drug-likeness (QED) is 0.633. The molecule has 2 fully saturated rings. The normalized spacial score (nSPS) is 25.1. The van der Waals surface area contributed by atoms with Gasteiger partial charge in [-0.2, -0.15) is 0 Å². The van der Waals surface area contributed by atoms with Gasteiger partial charge in [0.1, 0.15) is 0 Å². The van der Waals surface area contributed by atoms with Crippen LogP contribution in [0.4, 0.5) is 0 Å². The average Bonchev–Trinajstić information content (AvgIpc) is 2.87. The van der Waals surface area contributed by atoms with Crippen LogP contribution in [0.5, 0.6) is 0 Å². The summed E-state index contributed by atoms with van der Waals surface area (Å²) < 4.78 is 11.8. The molecule has 2 nitrogen and oxygen atoms in total. The van der Waals surface area contributed by atoms with Gasteiger partial charge in [-0.15, -0.1) is 0 Å². The molecule has 3 heteroatoms. The molecule has 2 aliphatic carbocycles. The van der Waals surface area contributed by atoms with Crippen molar-refractivity contribution in [2.45, 2.75) is 51.0 Å². The second-order valence-electron chi connectivity index (χ2n) is 4.60. The molecule has 0 aromatic heterocycles. The number of hydrogen-bond acceptors (Lipinski definition) is 2. The Morgan fingerprint density at radius 2 is 1.71 bits per heavy atom. The molecule has 0 unspecified atom stereocenters. The Hall–Kier alpha value is 0.137. The summed E-state index contributed by atoms with van der Waals surface area (Å²) in [5.74, 6) is 0.964. The third kappa shape index (κ3) is 1.77. The lowest BCUT2D eigenvalue weighted by atomic mass is 9.80. The summed E-state index contributed by atoms with van der Waals surface area (Å²) in [4.78, 5) is 0. The van der Waals surface area contributed by atoms with Crippen LogP contribution in [-0.4, -0.2) is 22.5 Å². The van der Waals surface area contributed by atoms with E-state index in [1.54, 1.807) is 0 Å². The van der Waals surface area contributed by atoms with Crippen molar-refractivity contribution in [3.05, 3.63) is 0 Å².